The zero-order valence-electron chi connectivity index (χ0n) is 15.9. The third-order valence-electron chi connectivity index (χ3n) is 4.50. The summed E-state index contributed by atoms with van der Waals surface area (Å²) in [6, 6.07) is 12.9. The second-order valence-corrected chi connectivity index (χ2v) is 7.45. The molecular formula is C21H20N2O5S. The lowest BCUT2D eigenvalue weighted by atomic mass is 10.1. The van der Waals surface area contributed by atoms with Gasteiger partial charge >= 0.3 is 5.97 Å². The number of furan rings is 2. The van der Waals surface area contributed by atoms with E-state index in [1.54, 1.807) is 19.3 Å². The molecule has 3 heterocycles. The fourth-order valence-electron chi connectivity index (χ4n) is 3.21. The van der Waals surface area contributed by atoms with Crippen LogP contribution in [0.1, 0.15) is 30.9 Å². The number of hydrogen-bond donors (Lipinski definition) is 0. The van der Waals surface area contributed by atoms with Crippen molar-refractivity contribution in [1.29, 1.82) is 0 Å². The van der Waals surface area contributed by atoms with Crippen LogP contribution in [0.3, 0.4) is 0 Å². The summed E-state index contributed by atoms with van der Waals surface area (Å²) in [5, 5.41) is 6.95. The molecule has 0 saturated carbocycles. The van der Waals surface area contributed by atoms with Crippen LogP contribution in [0.25, 0.3) is 11.0 Å². The Kier molecular flexibility index (Phi) is 5.71. The van der Waals surface area contributed by atoms with Gasteiger partial charge in [0.1, 0.15) is 23.1 Å². The lowest BCUT2D eigenvalue weighted by Gasteiger charge is -2.19. The minimum atomic E-state index is -0.344. The fraction of sp³-hybridized carbons (Fsp3) is 0.286. The molecule has 1 atom stereocenters. The molecule has 1 unspecified atom stereocenters. The molecule has 1 amide bonds. The Morgan fingerprint density at radius 1 is 1.24 bits per heavy atom. The van der Waals surface area contributed by atoms with E-state index in [2.05, 4.69) is 5.10 Å². The Morgan fingerprint density at radius 2 is 2.10 bits per heavy atom. The van der Waals surface area contributed by atoms with Gasteiger partial charge < -0.3 is 13.6 Å². The number of para-hydroxylation sites is 1. The highest BCUT2D eigenvalue weighted by atomic mass is 32.2. The van der Waals surface area contributed by atoms with Crippen molar-refractivity contribution in [2.75, 3.05) is 18.1 Å². The van der Waals surface area contributed by atoms with Crippen molar-refractivity contribution in [2.24, 2.45) is 5.10 Å². The van der Waals surface area contributed by atoms with Gasteiger partial charge in [0.25, 0.3) is 5.91 Å². The molecule has 0 bridgehead atoms. The molecule has 0 aliphatic carbocycles. The van der Waals surface area contributed by atoms with Gasteiger partial charge in [0.05, 0.1) is 24.4 Å². The quantitative estimate of drug-likeness (QED) is 0.545. The van der Waals surface area contributed by atoms with Crippen molar-refractivity contribution in [2.45, 2.75) is 19.4 Å². The van der Waals surface area contributed by atoms with Crippen LogP contribution >= 0.6 is 11.8 Å². The molecule has 29 heavy (non-hydrogen) atoms. The minimum absolute atomic E-state index is 0.118. The summed E-state index contributed by atoms with van der Waals surface area (Å²) >= 11 is 1.21. The lowest BCUT2D eigenvalue weighted by molar-refractivity contribution is -0.139. The summed E-state index contributed by atoms with van der Waals surface area (Å²) in [4.78, 5) is 24.3. The standard InChI is InChI=1S/C21H20N2O5S/c1-2-26-21(25)13-29-12-20(24)23-16(18-8-5-9-27-18)11-15(22-23)19-10-14-6-3-4-7-17(14)28-19/h3-10,16H,2,11-13H2,1H3. The molecule has 1 aliphatic heterocycles. The van der Waals surface area contributed by atoms with E-state index in [1.807, 2.05) is 36.4 Å². The predicted molar refractivity (Wildman–Crippen MR) is 110 cm³/mol. The van der Waals surface area contributed by atoms with Crippen LogP contribution in [-0.4, -0.2) is 40.7 Å². The van der Waals surface area contributed by atoms with Gasteiger partial charge in [0.15, 0.2) is 5.76 Å². The Hall–Kier alpha value is -3.00. The normalized spacial score (nSPS) is 16.2. The number of hydrogen-bond acceptors (Lipinski definition) is 7. The topological polar surface area (TPSA) is 85.3 Å². The van der Waals surface area contributed by atoms with Crippen LogP contribution in [0, 0.1) is 0 Å². The van der Waals surface area contributed by atoms with Gasteiger partial charge in [-0.25, -0.2) is 5.01 Å². The Bertz CT molecular complexity index is 1010. The van der Waals surface area contributed by atoms with Gasteiger partial charge in [0.2, 0.25) is 0 Å². The highest BCUT2D eigenvalue weighted by Crippen LogP contribution is 2.34. The van der Waals surface area contributed by atoms with Crippen LogP contribution in [0.5, 0.6) is 0 Å². The third-order valence-corrected chi connectivity index (χ3v) is 5.39. The molecule has 2 aromatic heterocycles. The number of rotatable bonds is 7. The van der Waals surface area contributed by atoms with Gasteiger partial charge in [-0.15, -0.1) is 11.8 Å². The molecule has 0 spiro atoms. The van der Waals surface area contributed by atoms with E-state index in [0.29, 0.717) is 30.3 Å². The highest BCUT2D eigenvalue weighted by molar-refractivity contribution is 8.00. The molecule has 1 aliphatic rings. The van der Waals surface area contributed by atoms with Crippen molar-refractivity contribution in [3.63, 3.8) is 0 Å². The summed E-state index contributed by atoms with van der Waals surface area (Å²) in [5.74, 6) is 1.000. The van der Waals surface area contributed by atoms with E-state index in [4.69, 9.17) is 13.6 Å². The monoisotopic (exact) mass is 412 g/mol. The van der Waals surface area contributed by atoms with Crippen LogP contribution in [0.4, 0.5) is 0 Å². The van der Waals surface area contributed by atoms with E-state index in [1.165, 1.54) is 16.8 Å². The molecule has 4 rings (SSSR count). The molecule has 0 saturated heterocycles. The largest absolute Gasteiger partial charge is 0.467 e. The first-order valence-corrected chi connectivity index (χ1v) is 10.5. The molecule has 7 nitrogen and oxygen atoms in total. The Morgan fingerprint density at radius 3 is 2.86 bits per heavy atom. The Labute approximate surface area is 171 Å². The van der Waals surface area contributed by atoms with E-state index < -0.39 is 0 Å². The maximum Gasteiger partial charge on any atom is 0.315 e. The maximum atomic E-state index is 12.8. The number of esters is 1. The first-order chi connectivity index (χ1) is 14.2. The number of nitrogens with zero attached hydrogens (tertiary/aromatic N) is 2. The zero-order chi connectivity index (χ0) is 20.2. The first-order valence-electron chi connectivity index (χ1n) is 9.31. The summed E-state index contributed by atoms with van der Waals surface area (Å²) in [6.45, 7) is 2.07. The van der Waals surface area contributed by atoms with E-state index in [-0.39, 0.29) is 29.4 Å². The van der Waals surface area contributed by atoms with E-state index in [0.717, 1.165) is 11.0 Å². The molecule has 8 heteroatoms. The summed E-state index contributed by atoms with van der Waals surface area (Å²) in [5.41, 5.74) is 1.46. The second kappa shape index (κ2) is 8.57. The summed E-state index contributed by atoms with van der Waals surface area (Å²) in [7, 11) is 0. The van der Waals surface area contributed by atoms with Crippen molar-refractivity contribution in [3.05, 3.63) is 60.2 Å². The smallest absolute Gasteiger partial charge is 0.315 e. The average Bonchev–Trinajstić information content (AvgIpc) is 3.45. The van der Waals surface area contributed by atoms with Crippen LogP contribution in [0.15, 0.2) is 62.7 Å². The zero-order valence-corrected chi connectivity index (χ0v) is 16.7. The lowest BCUT2D eigenvalue weighted by Crippen LogP contribution is -2.28. The number of ether oxygens (including phenoxy) is 1. The fourth-order valence-corrected chi connectivity index (χ4v) is 3.87. The van der Waals surface area contributed by atoms with E-state index in [9.17, 15) is 9.59 Å². The van der Waals surface area contributed by atoms with Crippen molar-refractivity contribution in [3.8, 4) is 0 Å². The first kappa shape index (κ1) is 19.3. The molecule has 150 valence electrons. The number of carbonyl (C=O) groups is 2. The van der Waals surface area contributed by atoms with Crippen molar-refractivity contribution < 1.29 is 23.2 Å². The summed E-state index contributed by atoms with van der Waals surface area (Å²) < 4.78 is 16.3. The van der Waals surface area contributed by atoms with Gasteiger partial charge in [0, 0.05) is 11.8 Å². The van der Waals surface area contributed by atoms with Crippen LogP contribution < -0.4 is 0 Å². The predicted octanol–water partition coefficient (Wildman–Crippen LogP) is 4.00. The van der Waals surface area contributed by atoms with Gasteiger partial charge in [-0.1, -0.05) is 18.2 Å². The van der Waals surface area contributed by atoms with Crippen molar-refractivity contribution in [1.82, 2.24) is 5.01 Å². The molecule has 0 fully saturated rings. The second-order valence-electron chi connectivity index (χ2n) is 6.47. The Balaban J connectivity index is 1.53. The summed E-state index contributed by atoms with van der Waals surface area (Å²) in [6.07, 6.45) is 2.06. The number of benzene rings is 1. The minimum Gasteiger partial charge on any atom is -0.467 e. The average molecular weight is 412 g/mol. The molecule has 3 aromatic rings. The number of carbonyl (C=O) groups excluding carboxylic acids is 2. The van der Waals surface area contributed by atoms with Crippen LogP contribution in [-0.2, 0) is 14.3 Å². The number of fused-ring (bicyclic) bond motifs is 1. The number of amides is 1. The highest BCUT2D eigenvalue weighted by Gasteiger charge is 2.35. The SMILES string of the molecule is CCOC(=O)CSCC(=O)N1N=C(c2cc3ccccc3o2)CC1c1ccco1. The molecule has 0 N–H and O–H groups in total. The number of thioether (sulfide) groups is 1. The maximum absolute atomic E-state index is 12.8. The van der Waals surface area contributed by atoms with Gasteiger partial charge in [-0.3, -0.25) is 9.59 Å². The molecule has 1 aromatic carbocycles. The molecule has 0 radical (unpaired) electrons. The van der Waals surface area contributed by atoms with Gasteiger partial charge in [-0.05, 0) is 31.2 Å². The van der Waals surface area contributed by atoms with Gasteiger partial charge in [-0.2, -0.15) is 5.10 Å². The number of hydrazone groups is 1. The van der Waals surface area contributed by atoms with Crippen molar-refractivity contribution >= 4 is 40.3 Å². The third kappa shape index (κ3) is 4.22. The molecular weight excluding hydrogens is 392 g/mol. The van der Waals surface area contributed by atoms with E-state index >= 15 is 0 Å². The van der Waals surface area contributed by atoms with Crippen LogP contribution in [0.2, 0.25) is 0 Å².